The van der Waals surface area contributed by atoms with Crippen LogP contribution >= 0.6 is 0 Å². The van der Waals surface area contributed by atoms with Crippen molar-refractivity contribution in [2.45, 2.75) is 45.6 Å². The van der Waals surface area contributed by atoms with Crippen molar-refractivity contribution in [1.82, 2.24) is 5.16 Å². The zero-order chi connectivity index (χ0) is 14.0. The van der Waals surface area contributed by atoms with Crippen LogP contribution in [0.5, 0.6) is 0 Å². The molecule has 0 radical (unpaired) electrons. The van der Waals surface area contributed by atoms with Crippen LogP contribution in [0.2, 0.25) is 0 Å². The van der Waals surface area contributed by atoms with Gasteiger partial charge in [-0.05, 0) is 34.6 Å². The second-order valence-corrected chi connectivity index (χ2v) is 5.54. The van der Waals surface area contributed by atoms with Crippen molar-refractivity contribution in [2.24, 2.45) is 0 Å². The van der Waals surface area contributed by atoms with Crippen LogP contribution in [0.4, 0.5) is 10.7 Å². The van der Waals surface area contributed by atoms with Crippen molar-refractivity contribution < 1.29 is 18.8 Å². The van der Waals surface area contributed by atoms with Gasteiger partial charge in [0.1, 0.15) is 11.9 Å². The highest BCUT2D eigenvalue weighted by atomic mass is 16.6. The van der Waals surface area contributed by atoms with E-state index in [-0.39, 0.29) is 5.88 Å². The fraction of sp³-hybridized carbons (Fsp3) is 0.583. The van der Waals surface area contributed by atoms with E-state index < -0.39 is 17.1 Å². The van der Waals surface area contributed by atoms with E-state index in [0.29, 0.717) is 5.69 Å². The molecule has 18 heavy (non-hydrogen) atoms. The van der Waals surface area contributed by atoms with Crippen molar-refractivity contribution >= 4 is 18.3 Å². The highest BCUT2D eigenvalue weighted by Gasteiger charge is 2.25. The van der Waals surface area contributed by atoms with Crippen LogP contribution in [-0.2, 0) is 14.9 Å². The summed E-state index contributed by atoms with van der Waals surface area (Å²) in [6.45, 7) is 8.68. The molecule has 0 spiro atoms. The van der Waals surface area contributed by atoms with Gasteiger partial charge in [0, 0.05) is 6.07 Å². The zero-order valence-corrected chi connectivity index (χ0v) is 11.2. The Bertz CT molecular complexity index is 443. The summed E-state index contributed by atoms with van der Waals surface area (Å²) in [6.07, 6.45) is 0.136. The summed E-state index contributed by atoms with van der Waals surface area (Å²) in [4.78, 5) is 22.3. The Morgan fingerprint density at radius 1 is 1.39 bits per heavy atom. The SMILES string of the molecule is CC(C)(C)OC(=O)Nc1cc(C(C)(C)C=O)no1. The summed E-state index contributed by atoms with van der Waals surface area (Å²) in [6, 6.07) is 1.50. The van der Waals surface area contributed by atoms with Gasteiger partial charge in [-0.3, -0.25) is 5.32 Å². The molecule has 0 bridgehead atoms. The third kappa shape index (κ3) is 3.87. The minimum atomic E-state index is -0.753. The summed E-state index contributed by atoms with van der Waals surface area (Å²) in [5.74, 6) is 0.147. The van der Waals surface area contributed by atoms with Crippen molar-refractivity contribution in [1.29, 1.82) is 0 Å². The number of anilines is 1. The van der Waals surface area contributed by atoms with Gasteiger partial charge in [0.25, 0.3) is 0 Å². The Morgan fingerprint density at radius 3 is 2.50 bits per heavy atom. The number of aldehydes is 1. The van der Waals surface area contributed by atoms with Gasteiger partial charge >= 0.3 is 6.09 Å². The molecule has 1 N–H and O–H groups in total. The number of hydrogen-bond donors (Lipinski definition) is 1. The van der Waals surface area contributed by atoms with Gasteiger partial charge in [0.05, 0.1) is 11.1 Å². The quantitative estimate of drug-likeness (QED) is 0.838. The number of hydrogen-bond acceptors (Lipinski definition) is 5. The van der Waals surface area contributed by atoms with Crippen LogP contribution in [0, 0.1) is 0 Å². The maximum Gasteiger partial charge on any atom is 0.414 e. The van der Waals surface area contributed by atoms with Gasteiger partial charge < -0.3 is 14.1 Å². The van der Waals surface area contributed by atoms with Gasteiger partial charge in [-0.15, -0.1) is 0 Å². The largest absolute Gasteiger partial charge is 0.444 e. The van der Waals surface area contributed by atoms with Crippen LogP contribution in [-0.4, -0.2) is 23.1 Å². The molecule has 0 atom stereocenters. The standard InChI is InChI=1S/C12H18N2O4/c1-11(2,3)17-10(16)13-9-6-8(14-18-9)12(4,5)7-15/h6-7H,1-5H3,(H,13,16). The zero-order valence-electron chi connectivity index (χ0n) is 11.2. The number of amides is 1. The summed E-state index contributed by atoms with van der Waals surface area (Å²) in [5.41, 5.74) is -0.893. The number of rotatable bonds is 3. The lowest BCUT2D eigenvalue weighted by atomic mass is 9.92. The van der Waals surface area contributed by atoms with E-state index in [0.717, 1.165) is 6.29 Å². The van der Waals surface area contributed by atoms with Crippen molar-refractivity contribution in [3.8, 4) is 0 Å². The van der Waals surface area contributed by atoms with Crippen LogP contribution in [0.1, 0.15) is 40.3 Å². The number of nitrogens with one attached hydrogen (secondary N) is 1. The van der Waals surface area contributed by atoms with E-state index in [4.69, 9.17) is 9.26 Å². The Balaban J connectivity index is 2.71. The van der Waals surface area contributed by atoms with E-state index in [1.54, 1.807) is 34.6 Å². The Labute approximate surface area is 106 Å². The monoisotopic (exact) mass is 254 g/mol. The molecule has 0 saturated heterocycles. The van der Waals surface area contributed by atoms with Crippen molar-refractivity contribution in [3.63, 3.8) is 0 Å². The first-order valence-corrected chi connectivity index (χ1v) is 5.57. The average Bonchev–Trinajstić information content (AvgIpc) is 2.63. The molecule has 1 heterocycles. The molecule has 1 amide bonds. The smallest absolute Gasteiger partial charge is 0.414 e. The van der Waals surface area contributed by atoms with E-state index in [1.165, 1.54) is 6.07 Å². The highest BCUT2D eigenvalue weighted by molar-refractivity contribution is 5.83. The third-order valence-corrected chi connectivity index (χ3v) is 2.09. The molecule has 0 aliphatic carbocycles. The van der Waals surface area contributed by atoms with Gasteiger partial charge in [0.2, 0.25) is 5.88 Å². The van der Waals surface area contributed by atoms with Crippen molar-refractivity contribution in [3.05, 3.63) is 11.8 Å². The molecular weight excluding hydrogens is 236 g/mol. The lowest BCUT2D eigenvalue weighted by Gasteiger charge is -2.18. The van der Waals surface area contributed by atoms with Crippen LogP contribution in [0.15, 0.2) is 10.6 Å². The van der Waals surface area contributed by atoms with Gasteiger partial charge in [-0.25, -0.2) is 4.79 Å². The Kier molecular flexibility index (Phi) is 3.79. The third-order valence-electron chi connectivity index (χ3n) is 2.09. The molecule has 0 unspecified atom stereocenters. The Morgan fingerprint density at radius 2 is 2.00 bits per heavy atom. The summed E-state index contributed by atoms with van der Waals surface area (Å²) < 4.78 is 9.97. The van der Waals surface area contributed by atoms with E-state index in [9.17, 15) is 9.59 Å². The number of carbonyl (C=O) groups is 2. The molecule has 0 aliphatic heterocycles. The topological polar surface area (TPSA) is 81.4 Å². The first kappa shape index (κ1) is 14.2. The molecule has 1 aromatic heterocycles. The molecule has 0 aromatic carbocycles. The fourth-order valence-corrected chi connectivity index (χ4v) is 1.10. The van der Waals surface area contributed by atoms with Gasteiger partial charge in [0.15, 0.2) is 0 Å². The lowest BCUT2D eigenvalue weighted by Crippen LogP contribution is -2.27. The predicted molar refractivity (Wildman–Crippen MR) is 65.4 cm³/mol. The molecule has 1 rings (SSSR count). The highest BCUT2D eigenvalue weighted by Crippen LogP contribution is 2.22. The molecular formula is C12H18N2O4. The maximum atomic E-state index is 11.5. The van der Waals surface area contributed by atoms with Gasteiger partial charge in [-0.1, -0.05) is 5.16 Å². The average molecular weight is 254 g/mol. The minimum absolute atomic E-state index is 0.147. The van der Waals surface area contributed by atoms with Crippen LogP contribution in [0.25, 0.3) is 0 Å². The molecule has 0 aliphatic rings. The summed E-state index contributed by atoms with van der Waals surface area (Å²) in [5, 5.41) is 6.14. The first-order chi connectivity index (χ1) is 8.14. The lowest BCUT2D eigenvalue weighted by molar-refractivity contribution is -0.111. The van der Waals surface area contributed by atoms with E-state index >= 15 is 0 Å². The van der Waals surface area contributed by atoms with Gasteiger partial charge in [-0.2, -0.15) is 0 Å². The molecule has 0 fully saturated rings. The molecule has 6 heteroatoms. The number of carbonyl (C=O) groups excluding carboxylic acids is 2. The first-order valence-electron chi connectivity index (χ1n) is 5.57. The summed E-state index contributed by atoms with van der Waals surface area (Å²) >= 11 is 0. The normalized spacial score (nSPS) is 12.1. The summed E-state index contributed by atoms with van der Waals surface area (Å²) in [7, 11) is 0. The fourth-order valence-electron chi connectivity index (χ4n) is 1.10. The van der Waals surface area contributed by atoms with Crippen LogP contribution < -0.4 is 5.32 Å². The molecule has 0 saturated carbocycles. The minimum Gasteiger partial charge on any atom is -0.444 e. The van der Waals surface area contributed by atoms with E-state index in [2.05, 4.69) is 10.5 Å². The molecule has 1 aromatic rings. The maximum absolute atomic E-state index is 11.5. The number of ether oxygens (including phenoxy) is 1. The molecule has 100 valence electrons. The second kappa shape index (κ2) is 4.80. The van der Waals surface area contributed by atoms with Crippen molar-refractivity contribution in [2.75, 3.05) is 5.32 Å². The second-order valence-electron chi connectivity index (χ2n) is 5.54. The Hall–Kier alpha value is -1.85. The predicted octanol–water partition coefficient (Wildman–Crippen LogP) is 2.50. The number of aromatic nitrogens is 1. The number of nitrogens with zero attached hydrogens (tertiary/aromatic N) is 1. The van der Waals surface area contributed by atoms with Crippen LogP contribution in [0.3, 0.4) is 0 Å². The van der Waals surface area contributed by atoms with E-state index in [1.807, 2.05) is 0 Å². The molecule has 6 nitrogen and oxygen atoms in total.